The maximum absolute atomic E-state index is 12.9. The summed E-state index contributed by atoms with van der Waals surface area (Å²) in [5.74, 6) is 0.661. The van der Waals surface area contributed by atoms with Crippen LogP contribution in [0.25, 0.3) is 0 Å². The van der Waals surface area contributed by atoms with Gasteiger partial charge in [-0.1, -0.05) is 23.7 Å². The Labute approximate surface area is 120 Å². The van der Waals surface area contributed by atoms with E-state index in [1.165, 1.54) is 24.3 Å². The van der Waals surface area contributed by atoms with Crippen molar-refractivity contribution < 1.29 is 19.0 Å². The van der Waals surface area contributed by atoms with Gasteiger partial charge in [-0.25, -0.2) is 4.39 Å². The molecule has 3 nitrogen and oxygen atoms in total. The molecular weight excluding hydrogens is 283 g/mol. The van der Waals surface area contributed by atoms with E-state index in [0.717, 1.165) is 0 Å². The normalized spacial score (nSPS) is 14.9. The Morgan fingerprint density at radius 1 is 1.05 bits per heavy atom. The first-order valence-corrected chi connectivity index (χ1v) is 6.55. The second-order valence-electron chi connectivity index (χ2n) is 4.48. The van der Waals surface area contributed by atoms with Crippen LogP contribution in [0, 0.1) is 5.82 Å². The maximum Gasteiger partial charge on any atom is 0.179 e. The van der Waals surface area contributed by atoms with E-state index >= 15 is 0 Å². The van der Waals surface area contributed by atoms with Crippen LogP contribution in [0.2, 0.25) is 5.02 Å². The molecular formula is C15H12ClFO3. The summed E-state index contributed by atoms with van der Waals surface area (Å²) in [6.45, 7) is 0.895. The van der Waals surface area contributed by atoms with Gasteiger partial charge in [-0.05, 0) is 35.4 Å². The molecule has 0 fully saturated rings. The maximum atomic E-state index is 12.9. The number of rotatable bonds is 2. The quantitative estimate of drug-likeness (QED) is 0.923. The van der Waals surface area contributed by atoms with Gasteiger partial charge >= 0.3 is 0 Å². The predicted octanol–water partition coefficient (Wildman–Crippen LogP) is 3.33. The molecule has 3 rings (SSSR count). The Morgan fingerprint density at radius 3 is 2.50 bits per heavy atom. The summed E-state index contributed by atoms with van der Waals surface area (Å²) >= 11 is 6.13. The highest BCUT2D eigenvalue weighted by Gasteiger charge is 2.20. The second-order valence-corrected chi connectivity index (χ2v) is 4.89. The van der Waals surface area contributed by atoms with Gasteiger partial charge < -0.3 is 14.6 Å². The van der Waals surface area contributed by atoms with Gasteiger partial charge in [0.15, 0.2) is 11.5 Å². The van der Waals surface area contributed by atoms with Crippen LogP contribution < -0.4 is 9.47 Å². The topological polar surface area (TPSA) is 38.7 Å². The van der Waals surface area contributed by atoms with Gasteiger partial charge in [-0.15, -0.1) is 0 Å². The van der Waals surface area contributed by atoms with Crippen molar-refractivity contribution in [3.05, 3.63) is 58.4 Å². The summed E-state index contributed by atoms with van der Waals surface area (Å²) in [7, 11) is 0. The Morgan fingerprint density at radius 2 is 1.75 bits per heavy atom. The predicted molar refractivity (Wildman–Crippen MR) is 72.9 cm³/mol. The zero-order valence-electron chi connectivity index (χ0n) is 10.5. The third-order valence-electron chi connectivity index (χ3n) is 3.12. The van der Waals surface area contributed by atoms with Gasteiger partial charge in [-0.2, -0.15) is 0 Å². The summed E-state index contributed by atoms with van der Waals surface area (Å²) in [6.07, 6.45) is -0.899. The van der Waals surface area contributed by atoms with Crippen LogP contribution in [0.1, 0.15) is 17.2 Å². The molecule has 1 atom stereocenters. The summed E-state index contributed by atoms with van der Waals surface area (Å²) in [6, 6.07) is 8.99. The van der Waals surface area contributed by atoms with Gasteiger partial charge in [0.05, 0.1) is 5.02 Å². The lowest BCUT2D eigenvalue weighted by Gasteiger charge is -2.21. The lowest BCUT2D eigenvalue weighted by molar-refractivity contribution is 0.170. The van der Waals surface area contributed by atoms with Crippen molar-refractivity contribution in [2.24, 2.45) is 0 Å². The molecule has 1 aliphatic heterocycles. The molecule has 0 radical (unpaired) electrons. The van der Waals surface area contributed by atoms with Crippen molar-refractivity contribution in [3.63, 3.8) is 0 Å². The molecule has 0 aromatic heterocycles. The fourth-order valence-electron chi connectivity index (χ4n) is 2.13. The van der Waals surface area contributed by atoms with E-state index < -0.39 is 6.10 Å². The fourth-order valence-corrected chi connectivity index (χ4v) is 2.40. The Balaban J connectivity index is 1.97. The molecule has 1 unspecified atom stereocenters. The van der Waals surface area contributed by atoms with Crippen molar-refractivity contribution in [2.75, 3.05) is 13.2 Å². The van der Waals surface area contributed by atoms with Crippen molar-refractivity contribution in [3.8, 4) is 11.5 Å². The van der Waals surface area contributed by atoms with Crippen LogP contribution in [0.3, 0.4) is 0 Å². The molecule has 5 heteroatoms. The monoisotopic (exact) mass is 294 g/mol. The SMILES string of the molecule is OC(c1ccc(F)cc1)c1cc(Cl)c2c(c1)OCCO2. The third-order valence-corrected chi connectivity index (χ3v) is 3.40. The van der Waals surface area contributed by atoms with E-state index in [9.17, 15) is 9.50 Å². The van der Waals surface area contributed by atoms with Crippen molar-refractivity contribution in [1.29, 1.82) is 0 Å². The van der Waals surface area contributed by atoms with Crippen LogP contribution in [-0.2, 0) is 0 Å². The smallest absolute Gasteiger partial charge is 0.179 e. The highest BCUT2D eigenvalue weighted by molar-refractivity contribution is 6.32. The number of ether oxygens (including phenoxy) is 2. The first-order chi connectivity index (χ1) is 9.65. The number of aliphatic hydroxyl groups is 1. The van der Waals surface area contributed by atoms with Gasteiger partial charge in [0, 0.05) is 0 Å². The second kappa shape index (κ2) is 5.31. The molecule has 1 aliphatic rings. The molecule has 0 bridgehead atoms. The number of fused-ring (bicyclic) bond motifs is 1. The third kappa shape index (κ3) is 2.44. The Hall–Kier alpha value is -1.78. The standard InChI is InChI=1S/C15H12ClFO3/c16-12-7-10(8-13-15(12)20-6-5-19-13)14(18)9-1-3-11(17)4-2-9/h1-4,7-8,14,18H,5-6H2. The van der Waals surface area contributed by atoms with E-state index in [-0.39, 0.29) is 5.82 Å². The minimum absolute atomic E-state index is 0.346. The highest BCUT2D eigenvalue weighted by atomic mass is 35.5. The Kier molecular flexibility index (Phi) is 3.51. The molecule has 2 aromatic carbocycles. The van der Waals surface area contributed by atoms with E-state index in [1.807, 2.05) is 0 Å². The zero-order chi connectivity index (χ0) is 14.1. The van der Waals surface area contributed by atoms with Gasteiger partial charge in [0.2, 0.25) is 0 Å². The zero-order valence-corrected chi connectivity index (χ0v) is 11.2. The Bertz CT molecular complexity index is 628. The molecule has 0 spiro atoms. The van der Waals surface area contributed by atoms with Crippen molar-refractivity contribution >= 4 is 11.6 Å². The van der Waals surface area contributed by atoms with Gasteiger partial charge in [-0.3, -0.25) is 0 Å². The summed E-state index contributed by atoms with van der Waals surface area (Å²) in [5.41, 5.74) is 1.16. The first-order valence-electron chi connectivity index (χ1n) is 6.18. The first kappa shape index (κ1) is 13.2. The molecule has 1 heterocycles. The number of aliphatic hydroxyl groups excluding tert-OH is 1. The minimum atomic E-state index is -0.899. The number of hydrogen-bond acceptors (Lipinski definition) is 3. The molecule has 20 heavy (non-hydrogen) atoms. The molecule has 1 N–H and O–H groups in total. The number of benzene rings is 2. The largest absolute Gasteiger partial charge is 0.486 e. The van der Waals surface area contributed by atoms with E-state index in [1.54, 1.807) is 12.1 Å². The van der Waals surface area contributed by atoms with Crippen LogP contribution in [-0.4, -0.2) is 18.3 Å². The summed E-state index contributed by atoms with van der Waals surface area (Å²) in [5, 5.41) is 10.7. The molecule has 2 aromatic rings. The van der Waals surface area contributed by atoms with Crippen LogP contribution in [0.5, 0.6) is 11.5 Å². The lowest BCUT2D eigenvalue weighted by Crippen LogP contribution is -2.16. The number of halogens is 2. The van der Waals surface area contributed by atoms with Crippen LogP contribution >= 0.6 is 11.6 Å². The molecule has 0 aliphatic carbocycles. The average molecular weight is 295 g/mol. The van der Waals surface area contributed by atoms with Crippen LogP contribution in [0.15, 0.2) is 36.4 Å². The van der Waals surface area contributed by atoms with E-state index in [0.29, 0.717) is 40.9 Å². The van der Waals surface area contributed by atoms with Gasteiger partial charge in [0.25, 0.3) is 0 Å². The van der Waals surface area contributed by atoms with Crippen LogP contribution in [0.4, 0.5) is 4.39 Å². The molecule has 0 saturated carbocycles. The minimum Gasteiger partial charge on any atom is -0.486 e. The van der Waals surface area contributed by atoms with Crippen molar-refractivity contribution in [1.82, 2.24) is 0 Å². The molecule has 104 valence electrons. The summed E-state index contributed by atoms with van der Waals surface area (Å²) < 4.78 is 23.8. The number of hydrogen-bond donors (Lipinski definition) is 1. The molecule has 0 saturated heterocycles. The van der Waals surface area contributed by atoms with E-state index in [4.69, 9.17) is 21.1 Å². The van der Waals surface area contributed by atoms with Crippen molar-refractivity contribution in [2.45, 2.75) is 6.10 Å². The molecule has 0 amide bonds. The fraction of sp³-hybridized carbons (Fsp3) is 0.200. The van der Waals surface area contributed by atoms with E-state index in [2.05, 4.69) is 0 Å². The highest BCUT2D eigenvalue weighted by Crippen LogP contribution is 2.40. The van der Waals surface area contributed by atoms with Gasteiger partial charge in [0.1, 0.15) is 25.1 Å². The average Bonchev–Trinajstić information content (AvgIpc) is 2.47. The summed E-state index contributed by atoms with van der Waals surface area (Å²) in [4.78, 5) is 0. The lowest BCUT2D eigenvalue weighted by atomic mass is 10.0.